The van der Waals surface area contributed by atoms with Gasteiger partial charge in [-0.1, -0.05) is 0 Å². The van der Waals surface area contributed by atoms with Gasteiger partial charge in [-0.15, -0.1) is 0 Å². The van der Waals surface area contributed by atoms with Crippen LogP contribution in [0.25, 0.3) is 0 Å². The Labute approximate surface area is 116 Å². The third kappa shape index (κ3) is 3.52. The standard InChI is InChI=1S/C15H25N3O/c1-10(11-6-7-11)18(5)13-9-8-12(16)14(17-13)19-15(2,3)4/h8-11H,6-7,16H2,1-5H3. The fraction of sp³-hybridized carbons (Fsp3) is 0.667. The van der Waals surface area contributed by atoms with Crippen LogP contribution in [0.15, 0.2) is 12.1 Å². The highest BCUT2D eigenvalue weighted by Gasteiger charge is 2.31. The molecule has 4 heteroatoms. The molecule has 4 nitrogen and oxygen atoms in total. The molecule has 0 radical (unpaired) electrons. The zero-order chi connectivity index (χ0) is 14.2. The van der Waals surface area contributed by atoms with Crippen molar-refractivity contribution in [1.29, 1.82) is 0 Å². The Morgan fingerprint density at radius 1 is 1.37 bits per heavy atom. The van der Waals surface area contributed by atoms with Gasteiger partial charge in [-0.3, -0.25) is 0 Å². The highest BCUT2D eigenvalue weighted by molar-refractivity contribution is 5.55. The maximum Gasteiger partial charge on any atom is 0.239 e. The largest absolute Gasteiger partial charge is 0.470 e. The first-order chi connectivity index (χ1) is 8.78. The van der Waals surface area contributed by atoms with E-state index in [-0.39, 0.29) is 5.60 Å². The van der Waals surface area contributed by atoms with Gasteiger partial charge in [0.2, 0.25) is 5.88 Å². The zero-order valence-corrected chi connectivity index (χ0v) is 12.6. The molecular weight excluding hydrogens is 238 g/mol. The van der Waals surface area contributed by atoms with Gasteiger partial charge < -0.3 is 15.4 Å². The summed E-state index contributed by atoms with van der Waals surface area (Å²) in [6, 6.07) is 4.35. The topological polar surface area (TPSA) is 51.4 Å². The lowest BCUT2D eigenvalue weighted by Crippen LogP contribution is -2.31. The molecule has 19 heavy (non-hydrogen) atoms. The lowest BCUT2D eigenvalue weighted by Gasteiger charge is -2.27. The van der Waals surface area contributed by atoms with Gasteiger partial charge in [0.25, 0.3) is 0 Å². The van der Waals surface area contributed by atoms with Crippen molar-refractivity contribution in [2.75, 3.05) is 17.7 Å². The first-order valence-corrected chi connectivity index (χ1v) is 6.96. The van der Waals surface area contributed by atoms with Crippen molar-refractivity contribution in [2.24, 2.45) is 5.92 Å². The average Bonchev–Trinajstić information content (AvgIpc) is 3.12. The molecule has 0 saturated heterocycles. The summed E-state index contributed by atoms with van der Waals surface area (Å²) in [4.78, 5) is 6.78. The minimum atomic E-state index is -0.291. The molecular formula is C15H25N3O. The number of rotatable bonds is 4. The molecule has 1 fully saturated rings. The van der Waals surface area contributed by atoms with E-state index in [1.807, 2.05) is 32.9 Å². The van der Waals surface area contributed by atoms with Crippen LogP contribution in [0.4, 0.5) is 11.5 Å². The molecule has 0 spiro atoms. The van der Waals surface area contributed by atoms with Crippen molar-refractivity contribution < 1.29 is 4.74 Å². The Balaban J connectivity index is 2.19. The molecule has 1 atom stereocenters. The second-order valence-electron chi connectivity index (χ2n) is 6.47. The molecule has 0 amide bonds. The summed E-state index contributed by atoms with van der Waals surface area (Å²) in [5, 5.41) is 0. The molecule has 1 aromatic heterocycles. The van der Waals surface area contributed by atoms with Crippen LogP contribution in [-0.2, 0) is 0 Å². The van der Waals surface area contributed by atoms with E-state index in [0.29, 0.717) is 17.6 Å². The number of nitrogens with two attached hydrogens (primary N) is 1. The van der Waals surface area contributed by atoms with Crippen molar-refractivity contribution in [3.8, 4) is 5.88 Å². The molecule has 0 aliphatic heterocycles. The lowest BCUT2D eigenvalue weighted by molar-refractivity contribution is 0.125. The van der Waals surface area contributed by atoms with E-state index in [4.69, 9.17) is 10.5 Å². The van der Waals surface area contributed by atoms with Gasteiger partial charge in [0.1, 0.15) is 11.4 Å². The molecule has 1 unspecified atom stereocenters. The highest BCUT2D eigenvalue weighted by Crippen LogP contribution is 2.36. The summed E-state index contributed by atoms with van der Waals surface area (Å²) in [6.45, 7) is 8.24. The van der Waals surface area contributed by atoms with Gasteiger partial charge in [0.15, 0.2) is 0 Å². The van der Waals surface area contributed by atoms with Crippen molar-refractivity contribution in [1.82, 2.24) is 4.98 Å². The van der Waals surface area contributed by atoms with E-state index in [2.05, 4.69) is 23.9 Å². The number of pyridine rings is 1. The van der Waals surface area contributed by atoms with E-state index in [0.717, 1.165) is 11.7 Å². The van der Waals surface area contributed by atoms with Crippen LogP contribution in [-0.4, -0.2) is 23.7 Å². The van der Waals surface area contributed by atoms with Gasteiger partial charge in [-0.25, -0.2) is 0 Å². The first kappa shape index (κ1) is 14.0. The number of hydrogen-bond donors (Lipinski definition) is 1. The van der Waals surface area contributed by atoms with Crippen LogP contribution >= 0.6 is 0 Å². The average molecular weight is 263 g/mol. The van der Waals surface area contributed by atoms with Crippen LogP contribution < -0.4 is 15.4 Å². The number of anilines is 2. The van der Waals surface area contributed by atoms with Gasteiger partial charge >= 0.3 is 0 Å². The smallest absolute Gasteiger partial charge is 0.239 e. The summed E-state index contributed by atoms with van der Waals surface area (Å²) in [5.74, 6) is 2.25. The summed E-state index contributed by atoms with van der Waals surface area (Å²) in [7, 11) is 2.09. The molecule has 106 valence electrons. The quantitative estimate of drug-likeness (QED) is 0.907. The van der Waals surface area contributed by atoms with E-state index in [9.17, 15) is 0 Å². The number of ether oxygens (including phenoxy) is 1. The van der Waals surface area contributed by atoms with E-state index >= 15 is 0 Å². The van der Waals surface area contributed by atoms with Crippen molar-refractivity contribution in [3.63, 3.8) is 0 Å². The van der Waals surface area contributed by atoms with Gasteiger partial charge in [0.05, 0.1) is 5.69 Å². The molecule has 2 N–H and O–H groups in total. The van der Waals surface area contributed by atoms with Crippen molar-refractivity contribution in [2.45, 2.75) is 52.2 Å². The fourth-order valence-corrected chi connectivity index (χ4v) is 2.11. The Kier molecular flexibility index (Phi) is 3.61. The van der Waals surface area contributed by atoms with E-state index in [1.165, 1.54) is 12.8 Å². The number of nitrogen functional groups attached to an aromatic ring is 1. The molecule has 1 aliphatic rings. The summed E-state index contributed by atoms with van der Waals surface area (Å²) >= 11 is 0. The maximum atomic E-state index is 5.94. The number of nitrogens with zero attached hydrogens (tertiary/aromatic N) is 2. The van der Waals surface area contributed by atoms with Gasteiger partial charge in [0, 0.05) is 13.1 Å². The minimum absolute atomic E-state index is 0.291. The highest BCUT2D eigenvalue weighted by atomic mass is 16.5. The van der Waals surface area contributed by atoms with Crippen LogP contribution in [0, 0.1) is 5.92 Å². The Morgan fingerprint density at radius 3 is 2.53 bits per heavy atom. The molecule has 0 aromatic carbocycles. The Morgan fingerprint density at radius 2 is 2.00 bits per heavy atom. The normalized spacial score (nSPS) is 17.1. The second kappa shape index (κ2) is 4.91. The van der Waals surface area contributed by atoms with Crippen LogP contribution in [0.1, 0.15) is 40.5 Å². The third-order valence-electron chi connectivity index (χ3n) is 3.55. The minimum Gasteiger partial charge on any atom is -0.470 e. The Bertz CT molecular complexity index is 449. The number of aromatic nitrogens is 1. The molecule has 2 rings (SSSR count). The van der Waals surface area contributed by atoms with E-state index < -0.39 is 0 Å². The predicted molar refractivity (Wildman–Crippen MR) is 79.6 cm³/mol. The molecule has 1 saturated carbocycles. The summed E-state index contributed by atoms with van der Waals surface area (Å²) in [6.07, 6.45) is 2.65. The SMILES string of the molecule is CC(C1CC1)N(C)c1ccc(N)c(OC(C)(C)C)n1. The molecule has 1 heterocycles. The molecule has 1 aliphatic carbocycles. The third-order valence-corrected chi connectivity index (χ3v) is 3.55. The first-order valence-electron chi connectivity index (χ1n) is 6.96. The number of hydrogen-bond acceptors (Lipinski definition) is 4. The second-order valence-corrected chi connectivity index (χ2v) is 6.47. The monoisotopic (exact) mass is 263 g/mol. The zero-order valence-electron chi connectivity index (χ0n) is 12.6. The Hall–Kier alpha value is -1.45. The van der Waals surface area contributed by atoms with Crippen LogP contribution in [0.5, 0.6) is 5.88 Å². The van der Waals surface area contributed by atoms with Gasteiger partial charge in [-0.05, 0) is 58.6 Å². The summed E-state index contributed by atoms with van der Waals surface area (Å²) in [5.41, 5.74) is 6.24. The van der Waals surface area contributed by atoms with Crippen molar-refractivity contribution >= 4 is 11.5 Å². The van der Waals surface area contributed by atoms with Crippen LogP contribution in [0.2, 0.25) is 0 Å². The molecule has 0 bridgehead atoms. The van der Waals surface area contributed by atoms with Crippen LogP contribution in [0.3, 0.4) is 0 Å². The predicted octanol–water partition coefficient (Wildman–Crippen LogP) is 3.08. The van der Waals surface area contributed by atoms with Crippen molar-refractivity contribution in [3.05, 3.63) is 12.1 Å². The van der Waals surface area contributed by atoms with E-state index in [1.54, 1.807) is 0 Å². The summed E-state index contributed by atoms with van der Waals surface area (Å²) < 4.78 is 5.82. The van der Waals surface area contributed by atoms with Gasteiger partial charge in [-0.2, -0.15) is 4.98 Å². The fourth-order valence-electron chi connectivity index (χ4n) is 2.11. The maximum absolute atomic E-state index is 5.94. The lowest BCUT2D eigenvalue weighted by atomic mass is 10.2. The molecule has 1 aromatic rings.